The van der Waals surface area contributed by atoms with Crippen molar-refractivity contribution in [3.8, 4) is 0 Å². The van der Waals surface area contributed by atoms with Gasteiger partial charge in [0.1, 0.15) is 0 Å². The number of hydrogen-bond donors (Lipinski definition) is 1. The summed E-state index contributed by atoms with van der Waals surface area (Å²) in [6, 6.07) is 1.03. The van der Waals surface area contributed by atoms with Gasteiger partial charge >= 0.3 is 0 Å². The second-order valence-corrected chi connectivity index (χ2v) is 5.43. The lowest BCUT2D eigenvalue weighted by Crippen LogP contribution is -2.50. The first kappa shape index (κ1) is 16.9. The molecule has 3 heteroatoms. The summed E-state index contributed by atoms with van der Waals surface area (Å²) in [5, 5.41) is 3.54. The first-order valence-electron chi connectivity index (χ1n) is 6.91. The average Bonchev–Trinajstić information content (AvgIpc) is 2.27. The summed E-state index contributed by atoms with van der Waals surface area (Å²) < 4.78 is 5.60. The van der Waals surface area contributed by atoms with E-state index in [1.54, 1.807) is 7.11 Å². The molecule has 0 aliphatic heterocycles. The van der Waals surface area contributed by atoms with Crippen LogP contribution in [0.1, 0.15) is 48.0 Å². The topological polar surface area (TPSA) is 24.5 Å². The van der Waals surface area contributed by atoms with Crippen molar-refractivity contribution in [1.82, 2.24) is 10.2 Å². The number of ether oxygens (including phenoxy) is 1. The van der Waals surface area contributed by atoms with Crippen LogP contribution in [0.2, 0.25) is 0 Å². The zero-order valence-corrected chi connectivity index (χ0v) is 12.8. The predicted molar refractivity (Wildman–Crippen MR) is 75.6 cm³/mol. The molecular formula is C14H32N2O. The number of nitrogens with one attached hydrogen (secondary N) is 1. The van der Waals surface area contributed by atoms with E-state index in [1.165, 1.54) is 0 Å². The first-order valence-corrected chi connectivity index (χ1v) is 6.91. The highest BCUT2D eigenvalue weighted by atomic mass is 16.5. The quantitative estimate of drug-likeness (QED) is 0.674. The molecule has 3 nitrogen and oxygen atoms in total. The fourth-order valence-corrected chi connectivity index (χ4v) is 2.16. The molecule has 104 valence electrons. The van der Waals surface area contributed by atoms with Gasteiger partial charge < -0.3 is 15.0 Å². The van der Waals surface area contributed by atoms with E-state index in [-0.39, 0.29) is 5.60 Å². The molecule has 0 amide bonds. The molecule has 0 radical (unpaired) electrons. The van der Waals surface area contributed by atoms with E-state index >= 15 is 0 Å². The van der Waals surface area contributed by atoms with Crippen molar-refractivity contribution in [3.05, 3.63) is 0 Å². The monoisotopic (exact) mass is 244 g/mol. The largest absolute Gasteiger partial charge is 0.377 e. The maximum atomic E-state index is 5.60. The molecule has 0 saturated heterocycles. The molecule has 1 atom stereocenters. The molecule has 0 aromatic rings. The maximum absolute atomic E-state index is 5.60. The molecule has 0 heterocycles. The Bertz CT molecular complexity index is 193. The summed E-state index contributed by atoms with van der Waals surface area (Å²) in [7, 11) is 1.80. The smallest absolute Gasteiger partial charge is 0.0775 e. The number of likely N-dealkylation sites (N-methyl/N-ethyl adjacent to an activating group) is 1. The molecule has 0 rings (SSSR count). The summed E-state index contributed by atoms with van der Waals surface area (Å²) in [6.07, 6.45) is 1.13. The summed E-state index contributed by atoms with van der Waals surface area (Å²) >= 11 is 0. The Labute approximate surface area is 108 Å². The molecule has 0 aromatic heterocycles. The molecule has 0 aromatic carbocycles. The molecule has 1 N–H and O–H groups in total. The van der Waals surface area contributed by atoms with Crippen LogP contribution in [-0.2, 0) is 4.74 Å². The maximum Gasteiger partial charge on any atom is 0.0775 e. The van der Waals surface area contributed by atoms with E-state index in [2.05, 4.69) is 51.8 Å². The van der Waals surface area contributed by atoms with Crippen molar-refractivity contribution in [2.75, 3.05) is 26.7 Å². The van der Waals surface area contributed by atoms with Crippen LogP contribution < -0.4 is 5.32 Å². The highest BCUT2D eigenvalue weighted by Crippen LogP contribution is 2.17. The van der Waals surface area contributed by atoms with E-state index < -0.39 is 0 Å². The van der Waals surface area contributed by atoms with Gasteiger partial charge in [0.2, 0.25) is 0 Å². The average molecular weight is 244 g/mol. The predicted octanol–water partition coefficient (Wildman–Crippen LogP) is 2.51. The van der Waals surface area contributed by atoms with Crippen molar-refractivity contribution in [3.63, 3.8) is 0 Å². The van der Waals surface area contributed by atoms with Gasteiger partial charge in [-0.3, -0.25) is 0 Å². The van der Waals surface area contributed by atoms with Gasteiger partial charge in [-0.25, -0.2) is 0 Å². The van der Waals surface area contributed by atoms with Crippen LogP contribution in [0.15, 0.2) is 0 Å². The van der Waals surface area contributed by atoms with Gasteiger partial charge in [0, 0.05) is 19.2 Å². The summed E-state index contributed by atoms with van der Waals surface area (Å²) in [5.41, 5.74) is -0.105. The number of nitrogens with zero attached hydrogens (tertiary/aromatic N) is 1. The van der Waals surface area contributed by atoms with Gasteiger partial charge in [0.05, 0.1) is 5.60 Å². The second kappa shape index (κ2) is 8.06. The van der Waals surface area contributed by atoms with E-state index in [9.17, 15) is 0 Å². The van der Waals surface area contributed by atoms with Crippen molar-refractivity contribution in [2.45, 2.75) is 65.6 Å². The molecular weight excluding hydrogens is 212 g/mol. The minimum atomic E-state index is -0.105. The number of rotatable bonds is 9. The standard InChI is InChI=1S/C14H32N2O/c1-8-15-13(14(5,6)17-7)10-11-16(9-2)12(3)4/h12-13,15H,8-11H2,1-7H3. The Kier molecular flexibility index (Phi) is 8.01. The fourth-order valence-electron chi connectivity index (χ4n) is 2.16. The molecule has 0 aliphatic carbocycles. The zero-order chi connectivity index (χ0) is 13.5. The minimum absolute atomic E-state index is 0.105. The second-order valence-electron chi connectivity index (χ2n) is 5.43. The Morgan fingerprint density at radius 2 is 1.82 bits per heavy atom. The van der Waals surface area contributed by atoms with Crippen molar-refractivity contribution < 1.29 is 4.74 Å². The van der Waals surface area contributed by atoms with Crippen molar-refractivity contribution in [2.24, 2.45) is 0 Å². The van der Waals surface area contributed by atoms with Crippen LogP contribution in [0, 0.1) is 0 Å². The van der Waals surface area contributed by atoms with Crippen LogP contribution in [0.3, 0.4) is 0 Å². The van der Waals surface area contributed by atoms with Crippen molar-refractivity contribution in [1.29, 1.82) is 0 Å². The van der Waals surface area contributed by atoms with Crippen LogP contribution in [0.4, 0.5) is 0 Å². The van der Waals surface area contributed by atoms with Crippen molar-refractivity contribution >= 4 is 0 Å². The number of hydrogen-bond acceptors (Lipinski definition) is 3. The summed E-state index contributed by atoms with van der Waals surface area (Å²) in [4.78, 5) is 2.50. The van der Waals surface area contributed by atoms with Gasteiger partial charge in [-0.05, 0) is 53.8 Å². The van der Waals surface area contributed by atoms with E-state index in [0.717, 1.165) is 26.1 Å². The Hall–Kier alpha value is -0.120. The Balaban J connectivity index is 4.35. The highest BCUT2D eigenvalue weighted by molar-refractivity contribution is 4.86. The molecule has 0 aliphatic rings. The molecule has 0 saturated carbocycles. The van der Waals surface area contributed by atoms with E-state index in [4.69, 9.17) is 4.74 Å². The third-order valence-corrected chi connectivity index (χ3v) is 3.66. The van der Waals surface area contributed by atoms with E-state index in [1.807, 2.05) is 0 Å². The highest BCUT2D eigenvalue weighted by Gasteiger charge is 2.28. The first-order chi connectivity index (χ1) is 7.88. The van der Waals surface area contributed by atoms with E-state index in [0.29, 0.717) is 12.1 Å². The molecule has 17 heavy (non-hydrogen) atoms. The molecule has 0 fully saturated rings. The fraction of sp³-hybridized carbons (Fsp3) is 1.00. The lowest BCUT2D eigenvalue weighted by Gasteiger charge is -2.36. The number of methoxy groups -OCH3 is 1. The summed E-state index contributed by atoms with van der Waals surface area (Å²) in [5.74, 6) is 0. The Morgan fingerprint density at radius 3 is 2.18 bits per heavy atom. The molecule has 0 bridgehead atoms. The van der Waals surface area contributed by atoms with Crippen LogP contribution >= 0.6 is 0 Å². The van der Waals surface area contributed by atoms with Crippen LogP contribution in [0.25, 0.3) is 0 Å². The lowest BCUT2D eigenvalue weighted by molar-refractivity contribution is -0.0150. The van der Waals surface area contributed by atoms with Crippen LogP contribution in [-0.4, -0.2) is 49.3 Å². The van der Waals surface area contributed by atoms with Gasteiger partial charge in [-0.1, -0.05) is 13.8 Å². The van der Waals surface area contributed by atoms with Gasteiger partial charge in [0.15, 0.2) is 0 Å². The van der Waals surface area contributed by atoms with Gasteiger partial charge in [-0.2, -0.15) is 0 Å². The van der Waals surface area contributed by atoms with Crippen LogP contribution in [0.5, 0.6) is 0 Å². The van der Waals surface area contributed by atoms with Gasteiger partial charge in [0.25, 0.3) is 0 Å². The SMILES string of the molecule is CCNC(CCN(CC)C(C)C)C(C)(C)OC. The molecule has 0 spiro atoms. The Morgan fingerprint density at radius 1 is 1.24 bits per heavy atom. The molecule has 1 unspecified atom stereocenters. The zero-order valence-electron chi connectivity index (χ0n) is 12.8. The summed E-state index contributed by atoms with van der Waals surface area (Å²) in [6.45, 7) is 16.4. The van der Waals surface area contributed by atoms with Gasteiger partial charge in [-0.15, -0.1) is 0 Å². The third-order valence-electron chi connectivity index (χ3n) is 3.66. The normalized spacial score (nSPS) is 14.6. The minimum Gasteiger partial charge on any atom is -0.377 e. The third kappa shape index (κ3) is 5.84. The lowest BCUT2D eigenvalue weighted by atomic mass is 9.95.